The summed E-state index contributed by atoms with van der Waals surface area (Å²) >= 11 is 6.29. The minimum absolute atomic E-state index is 0.0288. The summed E-state index contributed by atoms with van der Waals surface area (Å²) in [5, 5.41) is 0.576. The van der Waals surface area contributed by atoms with Crippen molar-refractivity contribution < 1.29 is 4.79 Å². The molecule has 0 bridgehead atoms. The van der Waals surface area contributed by atoms with E-state index in [2.05, 4.69) is 24.8 Å². The Morgan fingerprint density at radius 1 is 1.33 bits per heavy atom. The second kappa shape index (κ2) is 7.31. The molecular weight excluding hydrogens is 282 g/mol. The minimum Gasteiger partial charge on any atom is -0.368 e. The standard InChI is InChI=1S/C18H26ClNO/c1-13(2)10-11-20(15-6-4-5-7-15)16-8-9-17(14(3)21)18(19)12-16/h8-9,12-13,15H,4-7,10-11H2,1-3H3. The van der Waals surface area contributed by atoms with Crippen molar-refractivity contribution >= 4 is 23.1 Å². The van der Waals surface area contributed by atoms with E-state index in [-0.39, 0.29) is 5.78 Å². The van der Waals surface area contributed by atoms with Gasteiger partial charge in [0, 0.05) is 23.8 Å². The van der Waals surface area contributed by atoms with Crippen molar-refractivity contribution in [3.8, 4) is 0 Å². The van der Waals surface area contributed by atoms with Crippen molar-refractivity contribution in [2.75, 3.05) is 11.4 Å². The lowest BCUT2D eigenvalue weighted by Crippen LogP contribution is -2.34. The van der Waals surface area contributed by atoms with Crippen LogP contribution in [0.25, 0.3) is 0 Å². The van der Waals surface area contributed by atoms with E-state index in [4.69, 9.17) is 11.6 Å². The smallest absolute Gasteiger partial charge is 0.161 e. The Kier molecular flexibility index (Phi) is 5.69. The summed E-state index contributed by atoms with van der Waals surface area (Å²) in [7, 11) is 0. The van der Waals surface area contributed by atoms with E-state index in [1.807, 2.05) is 12.1 Å². The first-order valence-corrected chi connectivity index (χ1v) is 8.44. The predicted molar refractivity (Wildman–Crippen MR) is 90.5 cm³/mol. The van der Waals surface area contributed by atoms with E-state index < -0.39 is 0 Å². The molecule has 2 rings (SSSR count). The first-order chi connectivity index (χ1) is 9.99. The zero-order valence-corrected chi connectivity index (χ0v) is 14.1. The third-order valence-corrected chi connectivity index (χ3v) is 4.69. The summed E-state index contributed by atoms with van der Waals surface area (Å²) in [6, 6.07) is 6.53. The lowest BCUT2D eigenvalue weighted by Gasteiger charge is -2.32. The monoisotopic (exact) mass is 307 g/mol. The van der Waals surface area contributed by atoms with Crippen molar-refractivity contribution in [2.45, 2.75) is 58.9 Å². The average molecular weight is 308 g/mol. The molecule has 0 aliphatic heterocycles. The van der Waals surface area contributed by atoms with Gasteiger partial charge in [-0.2, -0.15) is 0 Å². The molecule has 116 valence electrons. The van der Waals surface area contributed by atoms with Crippen LogP contribution in [-0.2, 0) is 0 Å². The Morgan fingerprint density at radius 3 is 2.52 bits per heavy atom. The molecule has 1 fully saturated rings. The largest absolute Gasteiger partial charge is 0.368 e. The molecule has 1 saturated carbocycles. The third kappa shape index (κ3) is 4.23. The second-order valence-corrected chi connectivity index (χ2v) is 6.94. The first kappa shape index (κ1) is 16.4. The van der Waals surface area contributed by atoms with Crippen LogP contribution in [0.5, 0.6) is 0 Å². The molecule has 1 aromatic rings. The minimum atomic E-state index is 0.0288. The number of rotatable bonds is 6. The van der Waals surface area contributed by atoms with E-state index in [0.29, 0.717) is 22.5 Å². The molecule has 0 radical (unpaired) electrons. The van der Waals surface area contributed by atoms with E-state index in [1.54, 1.807) is 6.92 Å². The number of hydrogen-bond acceptors (Lipinski definition) is 2. The number of halogens is 1. The SMILES string of the molecule is CC(=O)c1ccc(N(CCC(C)C)C2CCCC2)cc1Cl. The first-order valence-electron chi connectivity index (χ1n) is 8.06. The van der Waals surface area contributed by atoms with Gasteiger partial charge in [0.2, 0.25) is 0 Å². The zero-order chi connectivity index (χ0) is 15.4. The highest BCUT2D eigenvalue weighted by Crippen LogP contribution is 2.31. The number of ketones is 1. The quantitative estimate of drug-likeness (QED) is 0.661. The van der Waals surface area contributed by atoms with Gasteiger partial charge in [0.05, 0.1) is 5.02 Å². The Morgan fingerprint density at radius 2 is 2.00 bits per heavy atom. The summed E-state index contributed by atoms with van der Waals surface area (Å²) in [6.07, 6.45) is 6.36. The number of carbonyl (C=O) groups excluding carboxylic acids is 1. The molecule has 2 nitrogen and oxygen atoms in total. The van der Waals surface area contributed by atoms with Gasteiger partial charge in [0.15, 0.2) is 5.78 Å². The molecule has 0 aromatic heterocycles. The van der Waals surface area contributed by atoms with Crippen LogP contribution < -0.4 is 4.90 Å². The molecular formula is C18H26ClNO. The van der Waals surface area contributed by atoms with Gasteiger partial charge in [-0.3, -0.25) is 4.79 Å². The third-order valence-electron chi connectivity index (χ3n) is 4.38. The predicted octanol–water partition coefficient (Wildman–Crippen LogP) is 5.34. The molecule has 0 saturated heterocycles. The Labute approximate surface area is 133 Å². The molecule has 1 aliphatic rings. The van der Waals surface area contributed by atoms with Crippen LogP contribution in [0.4, 0.5) is 5.69 Å². The van der Waals surface area contributed by atoms with E-state index >= 15 is 0 Å². The number of hydrogen-bond donors (Lipinski definition) is 0. The Balaban J connectivity index is 2.22. The van der Waals surface area contributed by atoms with Crippen LogP contribution in [0.2, 0.25) is 5.02 Å². The topological polar surface area (TPSA) is 20.3 Å². The fourth-order valence-electron chi connectivity index (χ4n) is 3.10. The van der Waals surface area contributed by atoms with Crippen LogP contribution in [-0.4, -0.2) is 18.4 Å². The highest BCUT2D eigenvalue weighted by Gasteiger charge is 2.23. The van der Waals surface area contributed by atoms with Crippen molar-refractivity contribution in [3.05, 3.63) is 28.8 Å². The summed E-state index contributed by atoms with van der Waals surface area (Å²) in [4.78, 5) is 14.0. The molecule has 0 atom stereocenters. The van der Waals surface area contributed by atoms with Crippen LogP contribution >= 0.6 is 11.6 Å². The molecule has 0 N–H and O–H groups in total. The fraction of sp³-hybridized carbons (Fsp3) is 0.611. The number of carbonyl (C=O) groups is 1. The Bertz CT molecular complexity index is 492. The van der Waals surface area contributed by atoms with Gasteiger partial charge in [-0.1, -0.05) is 38.3 Å². The van der Waals surface area contributed by atoms with E-state index in [0.717, 1.165) is 12.2 Å². The van der Waals surface area contributed by atoms with Crippen molar-refractivity contribution in [1.82, 2.24) is 0 Å². The number of Topliss-reactive ketones (excluding diaryl/α,β-unsaturated/α-hetero) is 1. The molecule has 1 aliphatic carbocycles. The molecule has 1 aromatic carbocycles. The van der Waals surface area contributed by atoms with Crippen molar-refractivity contribution in [2.24, 2.45) is 5.92 Å². The van der Waals surface area contributed by atoms with Gasteiger partial charge in [-0.15, -0.1) is 0 Å². The molecule has 0 amide bonds. The normalized spacial score (nSPS) is 15.7. The lowest BCUT2D eigenvalue weighted by molar-refractivity contribution is 0.101. The van der Waals surface area contributed by atoms with Crippen molar-refractivity contribution in [1.29, 1.82) is 0 Å². The number of benzene rings is 1. The molecule has 21 heavy (non-hydrogen) atoms. The van der Waals surface area contributed by atoms with Crippen LogP contribution in [0, 0.1) is 5.92 Å². The van der Waals surface area contributed by atoms with Crippen LogP contribution in [0.15, 0.2) is 18.2 Å². The summed E-state index contributed by atoms with van der Waals surface area (Å²) in [6.45, 7) is 7.16. The molecule has 0 spiro atoms. The van der Waals surface area contributed by atoms with Gasteiger partial charge in [0.25, 0.3) is 0 Å². The number of anilines is 1. The zero-order valence-electron chi connectivity index (χ0n) is 13.4. The second-order valence-electron chi connectivity index (χ2n) is 6.53. The molecule has 0 heterocycles. The Hall–Kier alpha value is -1.02. The highest BCUT2D eigenvalue weighted by molar-refractivity contribution is 6.34. The molecule has 0 unspecified atom stereocenters. The summed E-state index contributed by atoms with van der Waals surface area (Å²) in [5.41, 5.74) is 1.79. The van der Waals surface area contributed by atoms with Gasteiger partial charge in [-0.25, -0.2) is 0 Å². The molecule has 3 heteroatoms. The van der Waals surface area contributed by atoms with Crippen molar-refractivity contribution in [3.63, 3.8) is 0 Å². The maximum atomic E-state index is 11.5. The van der Waals surface area contributed by atoms with Gasteiger partial charge in [0.1, 0.15) is 0 Å². The fourth-order valence-corrected chi connectivity index (χ4v) is 3.41. The lowest BCUT2D eigenvalue weighted by atomic mass is 10.1. The van der Waals surface area contributed by atoms with E-state index in [1.165, 1.54) is 32.1 Å². The summed E-state index contributed by atoms with van der Waals surface area (Å²) < 4.78 is 0. The summed E-state index contributed by atoms with van der Waals surface area (Å²) in [5.74, 6) is 0.724. The number of nitrogens with zero attached hydrogens (tertiary/aromatic N) is 1. The maximum absolute atomic E-state index is 11.5. The average Bonchev–Trinajstić information content (AvgIpc) is 2.92. The van der Waals surface area contributed by atoms with Gasteiger partial charge in [-0.05, 0) is 50.3 Å². The van der Waals surface area contributed by atoms with E-state index in [9.17, 15) is 4.79 Å². The van der Waals surface area contributed by atoms with Gasteiger partial charge >= 0.3 is 0 Å². The highest BCUT2D eigenvalue weighted by atomic mass is 35.5. The van der Waals surface area contributed by atoms with Crippen LogP contribution in [0.1, 0.15) is 63.2 Å². The maximum Gasteiger partial charge on any atom is 0.161 e. The van der Waals surface area contributed by atoms with Crippen LogP contribution in [0.3, 0.4) is 0 Å². The van der Waals surface area contributed by atoms with Gasteiger partial charge < -0.3 is 4.90 Å².